The number of carbonyl (C=O) groups is 1. The molecule has 3 aromatic rings. The second-order valence-corrected chi connectivity index (χ2v) is 6.98. The molecule has 0 fully saturated rings. The van der Waals surface area contributed by atoms with Crippen LogP contribution in [0.15, 0.2) is 45.6 Å². The molecule has 0 radical (unpaired) electrons. The third-order valence-electron chi connectivity index (χ3n) is 4.39. The van der Waals surface area contributed by atoms with Gasteiger partial charge in [-0.3, -0.25) is 4.79 Å². The Morgan fingerprint density at radius 2 is 1.93 bits per heavy atom. The Morgan fingerprint density at radius 1 is 1.14 bits per heavy atom. The quantitative estimate of drug-likeness (QED) is 0.649. The molecule has 0 atom stereocenters. The van der Waals surface area contributed by atoms with Gasteiger partial charge in [-0.1, -0.05) is 11.6 Å². The van der Waals surface area contributed by atoms with Crippen molar-refractivity contribution in [2.45, 2.75) is 13.3 Å². The normalized spacial score (nSPS) is 13.0. The molecule has 2 heterocycles. The van der Waals surface area contributed by atoms with Crippen LogP contribution in [0, 0.1) is 6.92 Å². The van der Waals surface area contributed by atoms with Crippen LogP contribution in [0.5, 0.6) is 17.2 Å². The summed E-state index contributed by atoms with van der Waals surface area (Å²) in [7, 11) is 0. The van der Waals surface area contributed by atoms with Gasteiger partial charge in [0, 0.05) is 35.7 Å². The molecule has 4 rings (SSSR count). The largest absolute Gasteiger partial charge is 0.490 e. The van der Waals surface area contributed by atoms with E-state index in [2.05, 4.69) is 5.32 Å². The van der Waals surface area contributed by atoms with Crippen LogP contribution in [0.2, 0.25) is 5.02 Å². The summed E-state index contributed by atoms with van der Waals surface area (Å²) in [6, 6.07) is 9.73. The van der Waals surface area contributed by atoms with Gasteiger partial charge >= 0.3 is 5.63 Å². The predicted molar refractivity (Wildman–Crippen MR) is 108 cm³/mol. The lowest BCUT2D eigenvalue weighted by Gasteiger charge is -2.12. The molecule has 1 aromatic heterocycles. The molecule has 0 saturated carbocycles. The van der Waals surface area contributed by atoms with E-state index in [0.29, 0.717) is 46.4 Å². The Hall–Kier alpha value is -3.19. The van der Waals surface area contributed by atoms with Crippen LogP contribution >= 0.6 is 11.6 Å². The zero-order valence-corrected chi connectivity index (χ0v) is 16.4. The molecule has 7 nitrogen and oxygen atoms in total. The van der Waals surface area contributed by atoms with E-state index in [1.807, 2.05) is 0 Å². The fourth-order valence-electron chi connectivity index (χ4n) is 3.01. The molecule has 1 aliphatic rings. The Morgan fingerprint density at radius 3 is 2.76 bits per heavy atom. The third kappa shape index (κ3) is 4.30. The van der Waals surface area contributed by atoms with Gasteiger partial charge in [0.15, 0.2) is 18.1 Å². The number of aryl methyl sites for hydroxylation is 1. The van der Waals surface area contributed by atoms with Crippen LogP contribution in [0.25, 0.3) is 11.0 Å². The summed E-state index contributed by atoms with van der Waals surface area (Å²) in [5.74, 6) is 1.11. The van der Waals surface area contributed by atoms with Gasteiger partial charge in [-0.2, -0.15) is 0 Å². The third-order valence-corrected chi connectivity index (χ3v) is 4.69. The molecule has 1 aliphatic heterocycles. The first-order valence-electron chi connectivity index (χ1n) is 9.06. The molecular formula is C21H18ClNO6. The summed E-state index contributed by atoms with van der Waals surface area (Å²) < 4.78 is 21.9. The van der Waals surface area contributed by atoms with Gasteiger partial charge < -0.3 is 23.9 Å². The van der Waals surface area contributed by atoms with Gasteiger partial charge in [0.25, 0.3) is 5.91 Å². The Labute approximate surface area is 171 Å². The van der Waals surface area contributed by atoms with Crippen molar-refractivity contribution in [1.29, 1.82) is 0 Å². The molecular weight excluding hydrogens is 398 g/mol. The zero-order chi connectivity index (χ0) is 20.4. The molecule has 2 aromatic carbocycles. The highest BCUT2D eigenvalue weighted by atomic mass is 35.5. The molecule has 1 N–H and O–H groups in total. The van der Waals surface area contributed by atoms with Crippen molar-refractivity contribution < 1.29 is 23.4 Å². The highest BCUT2D eigenvalue weighted by Crippen LogP contribution is 2.33. The second kappa shape index (κ2) is 8.05. The van der Waals surface area contributed by atoms with E-state index in [4.69, 9.17) is 30.2 Å². The van der Waals surface area contributed by atoms with E-state index in [-0.39, 0.29) is 18.3 Å². The molecule has 1 amide bonds. The molecule has 150 valence electrons. The number of amides is 1. The average Bonchev–Trinajstić information content (AvgIpc) is 2.92. The van der Waals surface area contributed by atoms with E-state index in [1.165, 1.54) is 12.1 Å². The molecule has 0 aliphatic carbocycles. The maximum atomic E-state index is 12.3. The number of anilines is 1. The van der Waals surface area contributed by atoms with Crippen LogP contribution in [-0.4, -0.2) is 25.7 Å². The Bertz CT molecular complexity index is 1140. The number of benzene rings is 2. The monoisotopic (exact) mass is 415 g/mol. The minimum absolute atomic E-state index is 0.252. The predicted octanol–water partition coefficient (Wildman–Crippen LogP) is 3.93. The maximum absolute atomic E-state index is 12.3. The van der Waals surface area contributed by atoms with Crippen molar-refractivity contribution in [3.63, 3.8) is 0 Å². The minimum atomic E-state index is -0.463. The molecule has 0 saturated heterocycles. The smallest absolute Gasteiger partial charge is 0.336 e. The van der Waals surface area contributed by atoms with Gasteiger partial charge in [-0.05, 0) is 30.7 Å². The molecule has 0 spiro atoms. The molecule has 0 bridgehead atoms. The van der Waals surface area contributed by atoms with Gasteiger partial charge in [-0.25, -0.2) is 4.79 Å². The summed E-state index contributed by atoms with van der Waals surface area (Å²) >= 11 is 6.25. The minimum Gasteiger partial charge on any atom is -0.490 e. The number of hydrogen-bond donors (Lipinski definition) is 1. The zero-order valence-electron chi connectivity index (χ0n) is 15.6. The van der Waals surface area contributed by atoms with E-state index < -0.39 is 5.63 Å². The molecule has 0 unspecified atom stereocenters. The van der Waals surface area contributed by atoms with Gasteiger partial charge in [0.1, 0.15) is 11.3 Å². The summed E-state index contributed by atoms with van der Waals surface area (Å²) in [4.78, 5) is 23.8. The number of nitrogens with one attached hydrogen (secondary N) is 1. The standard InChI is InChI=1S/C21H18ClNO6/c1-12-7-21(25)29-17-10-18(15(22)9-14(12)17)28-11-20(24)23-13-3-4-16-19(8-13)27-6-2-5-26-16/h3-4,7-10H,2,5-6,11H2,1H3,(H,23,24). The lowest BCUT2D eigenvalue weighted by atomic mass is 10.1. The number of hydrogen-bond acceptors (Lipinski definition) is 6. The number of rotatable bonds is 4. The molecule has 8 heteroatoms. The SMILES string of the molecule is Cc1cc(=O)oc2cc(OCC(=O)Nc3ccc4c(c3)OCCCO4)c(Cl)cc12. The van der Waals surface area contributed by atoms with Crippen LogP contribution < -0.4 is 25.2 Å². The number of fused-ring (bicyclic) bond motifs is 2. The first kappa shape index (κ1) is 19.1. The van der Waals surface area contributed by atoms with Crippen molar-refractivity contribution in [2.24, 2.45) is 0 Å². The first-order chi connectivity index (χ1) is 14.0. The topological polar surface area (TPSA) is 87.0 Å². The Kier molecular flexibility index (Phi) is 5.31. The summed E-state index contributed by atoms with van der Waals surface area (Å²) in [5, 5.41) is 3.77. The van der Waals surface area contributed by atoms with Gasteiger partial charge in [-0.15, -0.1) is 0 Å². The molecule has 29 heavy (non-hydrogen) atoms. The van der Waals surface area contributed by atoms with Gasteiger partial charge in [0.2, 0.25) is 0 Å². The lowest BCUT2D eigenvalue weighted by Crippen LogP contribution is -2.20. The van der Waals surface area contributed by atoms with Crippen LogP contribution in [-0.2, 0) is 4.79 Å². The summed E-state index contributed by atoms with van der Waals surface area (Å²) in [5.41, 5.74) is 1.19. The van der Waals surface area contributed by atoms with Crippen LogP contribution in [0.4, 0.5) is 5.69 Å². The summed E-state index contributed by atoms with van der Waals surface area (Å²) in [6.45, 7) is 2.68. The van der Waals surface area contributed by atoms with Crippen molar-refractivity contribution >= 4 is 34.2 Å². The van der Waals surface area contributed by atoms with Gasteiger partial charge in [0.05, 0.1) is 18.2 Å². The fourth-order valence-corrected chi connectivity index (χ4v) is 3.23. The van der Waals surface area contributed by atoms with Crippen LogP contribution in [0.1, 0.15) is 12.0 Å². The van der Waals surface area contributed by atoms with Crippen molar-refractivity contribution in [2.75, 3.05) is 25.1 Å². The Balaban J connectivity index is 1.45. The number of halogens is 1. The highest BCUT2D eigenvalue weighted by molar-refractivity contribution is 6.32. The number of ether oxygens (including phenoxy) is 3. The van der Waals surface area contributed by atoms with Crippen molar-refractivity contribution in [3.05, 3.63) is 57.4 Å². The van der Waals surface area contributed by atoms with Crippen molar-refractivity contribution in [1.82, 2.24) is 0 Å². The second-order valence-electron chi connectivity index (χ2n) is 6.58. The maximum Gasteiger partial charge on any atom is 0.336 e. The van der Waals surface area contributed by atoms with E-state index in [9.17, 15) is 9.59 Å². The number of carbonyl (C=O) groups excluding carboxylic acids is 1. The van der Waals surface area contributed by atoms with E-state index >= 15 is 0 Å². The van der Waals surface area contributed by atoms with Crippen molar-refractivity contribution in [3.8, 4) is 17.2 Å². The average molecular weight is 416 g/mol. The highest BCUT2D eigenvalue weighted by Gasteiger charge is 2.14. The lowest BCUT2D eigenvalue weighted by molar-refractivity contribution is -0.118. The van der Waals surface area contributed by atoms with E-state index in [0.717, 1.165) is 12.0 Å². The summed E-state index contributed by atoms with van der Waals surface area (Å²) in [6.07, 6.45) is 0.802. The fraction of sp³-hybridized carbons (Fsp3) is 0.238. The van der Waals surface area contributed by atoms with E-state index in [1.54, 1.807) is 31.2 Å². The first-order valence-corrected chi connectivity index (χ1v) is 9.44. The van der Waals surface area contributed by atoms with Crippen LogP contribution in [0.3, 0.4) is 0 Å².